The number of hydrogen-bond donors (Lipinski definition) is 3. The average molecular weight is 352 g/mol. The van der Waals surface area contributed by atoms with E-state index in [0.29, 0.717) is 16.4 Å². The molecule has 0 saturated carbocycles. The molecule has 3 heterocycles. The highest BCUT2D eigenvalue weighted by molar-refractivity contribution is 6.35. The molecule has 0 bridgehead atoms. The molecule has 4 N–H and O–H groups in total. The number of aromatic amines is 1. The smallest absolute Gasteiger partial charge is 0.253 e. The number of methoxy groups -OCH3 is 1. The minimum Gasteiger partial charge on any atom is -0.372 e. The van der Waals surface area contributed by atoms with Crippen molar-refractivity contribution in [2.24, 2.45) is 5.73 Å². The van der Waals surface area contributed by atoms with Crippen LogP contribution in [0.3, 0.4) is 0 Å². The molecule has 1 fully saturated rings. The van der Waals surface area contributed by atoms with Gasteiger partial charge in [-0.1, -0.05) is 11.6 Å². The van der Waals surface area contributed by atoms with Crippen molar-refractivity contribution in [2.75, 3.05) is 30.4 Å². The Kier molecular flexibility index (Phi) is 4.93. The van der Waals surface area contributed by atoms with Crippen LogP contribution in [0.15, 0.2) is 12.4 Å². The van der Waals surface area contributed by atoms with Crippen molar-refractivity contribution in [3.05, 3.63) is 17.4 Å². The van der Waals surface area contributed by atoms with Crippen molar-refractivity contribution in [1.82, 2.24) is 9.97 Å². The third-order valence-corrected chi connectivity index (χ3v) is 4.66. The van der Waals surface area contributed by atoms with Crippen molar-refractivity contribution in [3.8, 4) is 0 Å². The van der Waals surface area contributed by atoms with Gasteiger partial charge in [0, 0.05) is 32.4 Å². The van der Waals surface area contributed by atoms with E-state index in [9.17, 15) is 4.79 Å². The Bertz CT molecular complexity index is 747. The van der Waals surface area contributed by atoms with Crippen LogP contribution < -0.4 is 16.0 Å². The number of rotatable bonds is 4. The molecule has 2 aromatic rings. The minimum absolute atomic E-state index is 0.114. The lowest BCUT2D eigenvalue weighted by Gasteiger charge is -2.33. The number of nitrogens with zero attached hydrogens (tertiary/aromatic N) is 2. The predicted octanol–water partition coefficient (Wildman–Crippen LogP) is 2.12. The second-order valence-corrected chi connectivity index (χ2v) is 6.50. The highest BCUT2D eigenvalue weighted by Crippen LogP contribution is 2.38. The zero-order chi connectivity index (χ0) is 17.3. The van der Waals surface area contributed by atoms with Gasteiger partial charge in [0.2, 0.25) is 0 Å². The van der Waals surface area contributed by atoms with Gasteiger partial charge in [0.1, 0.15) is 11.8 Å². The molecule has 0 aliphatic carbocycles. The number of piperidine rings is 1. The first kappa shape index (κ1) is 17.0. The standard InChI is InChI=1S/C16H22ClN5O2/c1-9(24-2)16(23)21-12-7-20-15-13(12)14(11(17)6-19-15)22-5-3-4-10(18)8-22/h6-7,9-10H,3-5,8,18H2,1-2H3,(H,19,20)(H,21,23). The number of nitrogens with one attached hydrogen (secondary N) is 2. The molecular formula is C16H22ClN5O2. The first-order valence-electron chi connectivity index (χ1n) is 8.01. The van der Waals surface area contributed by atoms with Gasteiger partial charge >= 0.3 is 0 Å². The van der Waals surface area contributed by atoms with Gasteiger partial charge in [-0.05, 0) is 19.8 Å². The van der Waals surface area contributed by atoms with Crippen molar-refractivity contribution < 1.29 is 9.53 Å². The van der Waals surface area contributed by atoms with Crippen LogP contribution in [-0.4, -0.2) is 48.2 Å². The largest absolute Gasteiger partial charge is 0.372 e. The van der Waals surface area contributed by atoms with Gasteiger partial charge < -0.3 is 25.7 Å². The third kappa shape index (κ3) is 3.19. The summed E-state index contributed by atoms with van der Waals surface area (Å²) in [7, 11) is 1.50. The highest BCUT2D eigenvalue weighted by atomic mass is 35.5. The Morgan fingerprint density at radius 1 is 1.62 bits per heavy atom. The highest BCUT2D eigenvalue weighted by Gasteiger charge is 2.24. The Morgan fingerprint density at radius 3 is 3.12 bits per heavy atom. The Morgan fingerprint density at radius 2 is 2.42 bits per heavy atom. The average Bonchev–Trinajstić information content (AvgIpc) is 2.96. The van der Waals surface area contributed by atoms with E-state index >= 15 is 0 Å². The number of carbonyl (C=O) groups excluding carboxylic acids is 1. The number of fused-ring (bicyclic) bond motifs is 1. The molecule has 1 aliphatic rings. The normalized spacial score (nSPS) is 19.5. The fourth-order valence-corrected chi connectivity index (χ4v) is 3.28. The van der Waals surface area contributed by atoms with Gasteiger partial charge in [0.25, 0.3) is 5.91 Å². The molecule has 8 heteroatoms. The number of aromatic nitrogens is 2. The Balaban J connectivity index is 2.02. The monoisotopic (exact) mass is 351 g/mol. The van der Waals surface area contributed by atoms with Crippen LogP contribution in [0.1, 0.15) is 19.8 Å². The fourth-order valence-electron chi connectivity index (χ4n) is 3.02. The van der Waals surface area contributed by atoms with E-state index in [1.54, 1.807) is 19.3 Å². The van der Waals surface area contributed by atoms with E-state index in [-0.39, 0.29) is 11.9 Å². The maximum absolute atomic E-state index is 12.2. The molecule has 7 nitrogen and oxygen atoms in total. The van der Waals surface area contributed by atoms with E-state index in [1.807, 2.05) is 0 Å². The summed E-state index contributed by atoms with van der Waals surface area (Å²) in [5, 5.41) is 4.23. The summed E-state index contributed by atoms with van der Waals surface area (Å²) in [6.07, 6.45) is 4.81. The lowest BCUT2D eigenvalue weighted by Crippen LogP contribution is -2.43. The number of anilines is 2. The molecule has 0 radical (unpaired) electrons. The number of pyridine rings is 1. The second-order valence-electron chi connectivity index (χ2n) is 6.10. The SMILES string of the molecule is COC(C)C(=O)Nc1c[nH]c2ncc(Cl)c(N3CCCC(N)C3)c12. The van der Waals surface area contributed by atoms with Crippen molar-refractivity contribution in [3.63, 3.8) is 0 Å². The summed E-state index contributed by atoms with van der Waals surface area (Å²) in [4.78, 5) is 21.7. The lowest BCUT2D eigenvalue weighted by atomic mass is 10.1. The molecule has 24 heavy (non-hydrogen) atoms. The topological polar surface area (TPSA) is 96.3 Å². The molecule has 1 aliphatic heterocycles. The van der Waals surface area contributed by atoms with Gasteiger partial charge in [-0.2, -0.15) is 0 Å². The Labute approximate surface area is 145 Å². The van der Waals surface area contributed by atoms with Crippen LogP contribution in [0.2, 0.25) is 5.02 Å². The van der Waals surface area contributed by atoms with Gasteiger partial charge in [0.15, 0.2) is 0 Å². The summed E-state index contributed by atoms with van der Waals surface area (Å²) >= 11 is 6.44. The minimum atomic E-state index is -0.547. The number of nitrogens with two attached hydrogens (primary N) is 1. The number of amides is 1. The van der Waals surface area contributed by atoms with E-state index in [2.05, 4.69) is 20.2 Å². The van der Waals surface area contributed by atoms with E-state index in [0.717, 1.165) is 37.0 Å². The molecule has 2 unspecified atom stereocenters. The number of hydrogen-bond acceptors (Lipinski definition) is 5. The van der Waals surface area contributed by atoms with Crippen LogP contribution >= 0.6 is 11.6 Å². The zero-order valence-corrected chi connectivity index (χ0v) is 14.6. The molecule has 1 saturated heterocycles. The fraction of sp³-hybridized carbons (Fsp3) is 0.500. The molecule has 2 atom stereocenters. The first-order valence-corrected chi connectivity index (χ1v) is 8.38. The van der Waals surface area contributed by atoms with Crippen LogP contribution in [-0.2, 0) is 9.53 Å². The first-order chi connectivity index (χ1) is 11.5. The van der Waals surface area contributed by atoms with Gasteiger partial charge in [-0.25, -0.2) is 4.98 Å². The maximum Gasteiger partial charge on any atom is 0.253 e. The molecule has 3 rings (SSSR count). The molecule has 130 valence electrons. The predicted molar refractivity (Wildman–Crippen MR) is 95.6 cm³/mol. The molecule has 1 amide bonds. The summed E-state index contributed by atoms with van der Waals surface area (Å²) < 4.78 is 5.07. The zero-order valence-electron chi connectivity index (χ0n) is 13.8. The van der Waals surface area contributed by atoms with Crippen molar-refractivity contribution in [1.29, 1.82) is 0 Å². The van der Waals surface area contributed by atoms with Gasteiger partial charge in [-0.15, -0.1) is 0 Å². The number of carbonyl (C=O) groups is 1. The second kappa shape index (κ2) is 6.96. The van der Waals surface area contributed by atoms with Crippen molar-refractivity contribution in [2.45, 2.75) is 31.9 Å². The van der Waals surface area contributed by atoms with Gasteiger partial charge in [-0.3, -0.25) is 4.79 Å². The summed E-state index contributed by atoms with van der Waals surface area (Å²) in [5.41, 5.74) is 8.29. The lowest BCUT2D eigenvalue weighted by molar-refractivity contribution is -0.124. The van der Waals surface area contributed by atoms with Crippen LogP contribution in [0.4, 0.5) is 11.4 Å². The Hall–Kier alpha value is -1.83. The summed E-state index contributed by atoms with van der Waals surface area (Å²) in [6.45, 7) is 3.30. The number of H-pyrrole nitrogens is 1. The molecular weight excluding hydrogens is 330 g/mol. The van der Waals surface area contributed by atoms with E-state index in [4.69, 9.17) is 22.1 Å². The van der Waals surface area contributed by atoms with E-state index in [1.165, 1.54) is 7.11 Å². The summed E-state index contributed by atoms with van der Waals surface area (Å²) in [5.74, 6) is -0.223. The molecule has 0 aromatic carbocycles. The third-order valence-electron chi connectivity index (χ3n) is 4.38. The maximum atomic E-state index is 12.2. The van der Waals surface area contributed by atoms with E-state index < -0.39 is 6.10 Å². The quantitative estimate of drug-likeness (QED) is 0.784. The number of ether oxygens (including phenoxy) is 1. The number of halogens is 1. The molecule has 2 aromatic heterocycles. The van der Waals surface area contributed by atoms with Crippen LogP contribution in [0.25, 0.3) is 11.0 Å². The molecule has 0 spiro atoms. The van der Waals surface area contributed by atoms with Crippen LogP contribution in [0, 0.1) is 0 Å². The van der Waals surface area contributed by atoms with Crippen LogP contribution in [0.5, 0.6) is 0 Å². The van der Waals surface area contributed by atoms with Crippen molar-refractivity contribution >= 4 is 39.9 Å². The van der Waals surface area contributed by atoms with Gasteiger partial charge in [0.05, 0.1) is 28.0 Å². The summed E-state index contributed by atoms with van der Waals surface area (Å²) in [6, 6.07) is 0.114.